The number of halogens is 2. The largest absolute Gasteiger partial charge is 0.494 e. The van der Waals surface area contributed by atoms with Gasteiger partial charge in [-0.2, -0.15) is 0 Å². The monoisotopic (exact) mass is 369 g/mol. The summed E-state index contributed by atoms with van der Waals surface area (Å²) in [7, 11) is 0. The lowest BCUT2D eigenvalue weighted by atomic mass is 10.3. The van der Waals surface area contributed by atoms with E-state index in [2.05, 4.69) is 15.9 Å². The van der Waals surface area contributed by atoms with Gasteiger partial charge in [0.25, 0.3) is 5.56 Å². The first-order valence-corrected chi connectivity index (χ1v) is 7.98. The smallest absolute Gasteiger partial charge is 0.264 e. The minimum atomic E-state index is 0.0132. The summed E-state index contributed by atoms with van der Waals surface area (Å²) in [4.78, 5) is 11.9. The van der Waals surface area contributed by atoms with Gasteiger partial charge in [-0.15, -0.1) is 0 Å². The molecule has 1 heterocycles. The zero-order valence-corrected chi connectivity index (χ0v) is 14.2. The number of ether oxygens (including phenoxy) is 1. The summed E-state index contributed by atoms with van der Waals surface area (Å²) in [6.07, 6.45) is 3.66. The van der Waals surface area contributed by atoms with Crippen molar-refractivity contribution in [2.75, 3.05) is 6.61 Å². The van der Waals surface area contributed by atoms with Gasteiger partial charge in [-0.1, -0.05) is 11.6 Å². The van der Waals surface area contributed by atoms with E-state index in [1.54, 1.807) is 16.7 Å². The molecule has 0 bridgehead atoms. The number of pyridine rings is 1. The van der Waals surface area contributed by atoms with Crippen molar-refractivity contribution in [3.63, 3.8) is 0 Å². The Balaban J connectivity index is 1.77. The first kappa shape index (κ1) is 16.1. The van der Waals surface area contributed by atoms with Crippen LogP contribution in [0.15, 0.2) is 45.8 Å². The summed E-state index contributed by atoms with van der Waals surface area (Å²) in [6.45, 7) is 3.30. The molecule has 0 radical (unpaired) electrons. The molecule has 112 valence electrons. The summed E-state index contributed by atoms with van der Waals surface area (Å²) in [5, 5.41) is 0.701. The van der Waals surface area contributed by atoms with Crippen LogP contribution in [0.1, 0.15) is 18.4 Å². The van der Waals surface area contributed by atoms with Crippen LogP contribution >= 0.6 is 27.5 Å². The molecule has 5 heteroatoms. The highest BCUT2D eigenvalue weighted by Crippen LogP contribution is 2.15. The molecular formula is C16H17BrClNO2. The van der Waals surface area contributed by atoms with E-state index in [0.717, 1.165) is 24.2 Å². The standard InChI is InChI=1S/C16H17BrClNO2/c1-12-10-15(17)16(20)19(11-12)8-2-3-9-21-14-6-4-13(18)5-7-14/h4-7,10-11H,2-3,8-9H2,1H3. The number of aryl methyl sites for hydroxylation is 2. The average Bonchev–Trinajstić information content (AvgIpc) is 2.45. The quantitative estimate of drug-likeness (QED) is 0.704. The van der Waals surface area contributed by atoms with Crippen LogP contribution in [0.25, 0.3) is 0 Å². The molecule has 0 aliphatic heterocycles. The maximum Gasteiger partial charge on any atom is 0.264 e. The van der Waals surface area contributed by atoms with E-state index in [4.69, 9.17) is 16.3 Å². The van der Waals surface area contributed by atoms with Crippen LogP contribution < -0.4 is 10.3 Å². The number of hydrogen-bond donors (Lipinski definition) is 0. The first-order valence-electron chi connectivity index (χ1n) is 6.81. The Morgan fingerprint density at radius 3 is 2.67 bits per heavy atom. The van der Waals surface area contributed by atoms with E-state index in [-0.39, 0.29) is 5.56 Å². The number of unbranched alkanes of at least 4 members (excludes halogenated alkanes) is 1. The molecule has 0 saturated carbocycles. The van der Waals surface area contributed by atoms with Crippen LogP contribution in [-0.2, 0) is 6.54 Å². The van der Waals surface area contributed by atoms with Crippen LogP contribution in [0.3, 0.4) is 0 Å². The second-order valence-electron chi connectivity index (χ2n) is 4.87. The first-order chi connectivity index (χ1) is 10.1. The zero-order chi connectivity index (χ0) is 15.2. The van der Waals surface area contributed by atoms with Crippen molar-refractivity contribution in [2.45, 2.75) is 26.3 Å². The molecule has 0 unspecified atom stereocenters. The fraction of sp³-hybridized carbons (Fsp3) is 0.312. The summed E-state index contributed by atoms with van der Waals surface area (Å²) < 4.78 is 7.97. The molecule has 21 heavy (non-hydrogen) atoms. The van der Waals surface area contributed by atoms with Gasteiger partial charge >= 0.3 is 0 Å². The Bertz CT molecular complexity index is 652. The number of rotatable bonds is 6. The Hall–Kier alpha value is -1.26. The van der Waals surface area contributed by atoms with Gasteiger partial charge in [0.2, 0.25) is 0 Å². The van der Waals surface area contributed by atoms with Crippen LogP contribution in [0.2, 0.25) is 5.02 Å². The molecule has 0 amide bonds. The summed E-state index contributed by atoms with van der Waals surface area (Å²) in [5.41, 5.74) is 1.08. The lowest BCUT2D eigenvalue weighted by Crippen LogP contribution is -2.20. The molecule has 1 aromatic carbocycles. The highest BCUT2D eigenvalue weighted by Gasteiger charge is 2.02. The highest BCUT2D eigenvalue weighted by atomic mass is 79.9. The van der Waals surface area contributed by atoms with Crippen molar-refractivity contribution < 1.29 is 4.74 Å². The maximum atomic E-state index is 11.9. The van der Waals surface area contributed by atoms with Gasteiger partial charge in [0.05, 0.1) is 11.1 Å². The maximum absolute atomic E-state index is 11.9. The van der Waals surface area contributed by atoms with Crippen LogP contribution in [-0.4, -0.2) is 11.2 Å². The van der Waals surface area contributed by atoms with Crippen molar-refractivity contribution in [3.05, 3.63) is 61.9 Å². The molecule has 0 fully saturated rings. The lowest BCUT2D eigenvalue weighted by molar-refractivity contribution is 0.303. The zero-order valence-electron chi connectivity index (χ0n) is 11.8. The Labute approximate surface area is 137 Å². The molecule has 0 aliphatic carbocycles. The molecular weight excluding hydrogens is 354 g/mol. The van der Waals surface area contributed by atoms with E-state index in [1.165, 1.54) is 0 Å². The van der Waals surface area contributed by atoms with E-state index in [0.29, 0.717) is 22.6 Å². The molecule has 3 nitrogen and oxygen atoms in total. The van der Waals surface area contributed by atoms with Gasteiger partial charge in [0, 0.05) is 17.8 Å². The average molecular weight is 371 g/mol. The molecule has 0 N–H and O–H groups in total. The summed E-state index contributed by atoms with van der Waals surface area (Å²) in [6, 6.07) is 9.15. The topological polar surface area (TPSA) is 31.2 Å². The van der Waals surface area contributed by atoms with Crippen LogP contribution in [0, 0.1) is 6.92 Å². The Kier molecular flexibility index (Phi) is 5.88. The predicted octanol–water partition coefficient (Wildman–Crippen LogP) is 4.43. The van der Waals surface area contributed by atoms with E-state index in [9.17, 15) is 4.79 Å². The van der Waals surface area contributed by atoms with Gasteiger partial charge in [-0.25, -0.2) is 0 Å². The molecule has 1 aromatic heterocycles. The van der Waals surface area contributed by atoms with Crippen molar-refractivity contribution in [2.24, 2.45) is 0 Å². The number of hydrogen-bond acceptors (Lipinski definition) is 2. The third-order valence-electron chi connectivity index (χ3n) is 3.05. The fourth-order valence-electron chi connectivity index (χ4n) is 2.01. The third kappa shape index (κ3) is 4.90. The summed E-state index contributed by atoms with van der Waals surface area (Å²) >= 11 is 9.10. The molecule has 0 atom stereocenters. The molecule has 0 saturated heterocycles. The van der Waals surface area contributed by atoms with Crippen molar-refractivity contribution >= 4 is 27.5 Å². The predicted molar refractivity (Wildman–Crippen MR) is 89.3 cm³/mol. The minimum Gasteiger partial charge on any atom is -0.494 e. The van der Waals surface area contributed by atoms with E-state index < -0.39 is 0 Å². The van der Waals surface area contributed by atoms with Crippen LogP contribution in [0.4, 0.5) is 0 Å². The van der Waals surface area contributed by atoms with Gasteiger partial charge in [-0.05, 0) is 71.6 Å². The third-order valence-corrected chi connectivity index (χ3v) is 3.87. The van der Waals surface area contributed by atoms with Crippen molar-refractivity contribution in [3.8, 4) is 5.75 Å². The van der Waals surface area contributed by atoms with Gasteiger partial charge in [0.1, 0.15) is 5.75 Å². The SMILES string of the molecule is Cc1cc(Br)c(=O)n(CCCCOc2ccc(Cl)cc2)c1. The minimum absolute atomic E-state index is 0.0132. The van der Waals surface area contributed by atoms with E-state index >= 15 is 0 Å². The molecule has 0 aliphatic rings. The second kappa shape index (κ2) is 7.66. The number of aromatic nitrogens is 1. The van der Waals surface area contributed by atoms with Crippen LogP contribution in [0.5, 0.6) is 5.75 Å². The molecule has 2 rings (SSSR count). The molecule has 2 aromatic rings. The molecule has 0 spiro atoms. The van der Waals surface area contributed by atoms with E-state index in [1.807, 2.05) is 31.3 Å². The fourth-order valence-corrected chi connectivity index (χ4v) is 2.73. The van der Waals surface area contributed by atoms with Gasteiger partial charge in [0.15, 0.2) is 0 Å². The summed E-state index contributed by atoms with van der Waals surface area (Å²) in [5.74, 6) is 0.815. The Morgan fingerprint density at radius 1 is 1.24 bits per heavy atom. The normalized spacial score (nSPS) is 10.6. The lowest BCUT2D eigenvalue weighted by Gasteiger charge is -2.09. The van der Waals surface area contributed by atoms with Gasteiger partial charge < -0.3 is 9.30 Å². The number of benzene rings is 1. The van der Waals surface area contributed by atoms with Crippen molar-refractivity contribution in [1.82, 2.24) is 4.57 Å². The number of nitrogens with zero attached hydrogens (tertiary/aromatic N) is 1. The van der Waals surface area contributed by atoms with Gasteiger partial charge in [-0.3, -0.25) is 4.79 Å². The Morgan fingerprint density at radius 2 is 1.95 bits per heavy atom. The second-order valence-corrected chi connectivity index (χ2v) is 6.16. The van der Waals surface area contributed by atoms with Crippen molar-refractivity contribution in [1.29, 1.82) is 0 Å². The highest BCUT2D eigenvalue weighted by molar-refractivity contribution is 9.10.